The third-order valence-electron chi connectivity index (χ3n) is 3.28. The fraction of sp³-hybridized carbons (Fsp3) is 0.615. The molecule has 0 radical (unpaired) electrons. The van der Waals surface area contributed by atoms with Gasteiger partial charge in [-0.1, -0.05) is 6.42 Å². The van der Waals surface area contributed by atoms with Crippen LogP contribution in [-0.4, -0.2) is 24.2 Å². The lowest BCUT2D eigenvalue weighted by Crippen LogP contribution is -2.43. The number of nitrogens with one attached hydrogen (secondary N) is 1. The minimum Gasteiger partial charge on any atom is -0.472 e. The Hall–Kier alpha value is -0.610. The van der Waals surface area contributed by atoms with Gasteiger partial charge in [0.15, 0.2) is 0 Å². The van der Waals surface area contributed by atoms with Crippen molar-refractivity contribution < 1.29 is 4.74 Å². The van der Waals surface area contributed by atoms with Crippen LogP contribution in [0, 0.1) is 6.92 Å². The van der Waals surface area contributed by atoms with Crippen molar-refractivity contribution in [3.05, 3.63) is 22.3 Å². The SMILES string of the molecule is CNC1CCCCC1Oc1ncc(C)cc1Br. The maximum atomic E-state index is 6.02. The number of hydrogen-bond acceptors (Lipinski definition) is 3. The maximum absolute atomic E-state index is 6.02. The molecule has 0 bridgehead atoms. The second kappa shape index (κ2) is 5.83. The summed E-state index contributed by atoms with van der Waals surface area (Å²) in [6.07, 6.45) is 6.90. The molecule has 0 amide bonds. The zero-order valence-corrected chi connectivity index (χ0v) is 12.0. The van der Waals surface area contributed by atoms with E-state index in [0.29, 0.717) is 11.9 Å². The molecule has 94 valence electrons. The van der Waals surface area contributed by atoms with Crippen molar-refractivity contribution in [2.24, 2.45) is 0 Å². The van der Waals surface area contributed by atoms with Crippen LogP contribution in [0.2, 0.25) is 0 Å². The van der Waals surface area contributed by atoms with Gasteiger partial charge in [0, 0.05) is 12.2 Å². The molecule has 2 rings (SSSR count). The van der Waals surface area contributed by atoms with Gasteiger partial charge in [-0.2, -0.15) is 0 Å². The molecule has 0 saturated heterocycles. The first-order valence-corrected chi connectivity index (χ1v) is 6.96. The molecule has 1 aliphatic carbocycles. The van der Waals surface area contributed by atoms with Crippen LogP contribution < -0.4 is 10.1 Å². The van der Waals surface area contributed by atoms with Gasteiger partial charge in [0.1, 0.15) is 6.10 Å². The highest BCUT2D eigenvalue weighted by atomic mass is 79.9. The standard InChI is InChI=1S/C13H19BrN2O/c1-9-7-10(14)13(16-8-9)17-12-6-4-3-5-11(12)15-2/h7-8,11-12,15H,3-6H2,1-2H3. The quantitative estimate of drug-likeness (QED) is 0.931. The Kier molecular flexibility index (Phi) is 4.40. The fourth-order valence-corrected chi connectivity index (χ4v) is 2.88. The molecule has 2 unspecified atom stereocenters. The van der Waals surface area contributed by atoms with Gasteiger partial charge in [0.25, 0.3) is 0 Å². The summed E-state index contributed by atoms with van der Waals surface area (Å²) in [4.78, 5) is 4.34. The molecule has 1 aromatic heterocycles. The zero-order valence-electron chi connectivity index (χ0n) is 10.4. The first-order chi connectivity index (χ1) is 8.20. The van der Waals surface area contributed by atoms with Crippen molar-refractivity contribution in [1.82, 2.24) is 10.3 Å². The van der Waals surface area contributed by atoms with Crippen LogP contribution in [0.3, 0.4) is 0 Å². The number of likely N-dealkylation sites (N-methyl/N-ethyl adjacent to an activating group) is 1. The summed E-state index contributed by atoms with van der Waals surface area (Å²) in [6.45, 7) is 2.03. The van der Waals surface area contributed by atoms with Gasteiger partial charge in [0.05, 0.1) is 4.47 Å². The van der Waals surface area contributed by atoms with Crippen LogP contribution in [0.5, 0.6) is 5.88 Å². The number of hydrogen-bond donors (Lipinski definition) is 1. The van der Waals surface area contributed by atoms with Crippen molar-refractivity contribution in [3.8, 4) is 5.88 Å². The van der Waals surface area contributed by atoms with Gasteiger partial charge in [0.2, 0.25) is 5.88 Å². The Morgan fingerprint density at radius 2 is 2.18 bits per heavy atom. The normalized spacial score (nSPS) is 24.6. The van der Waals surface area contributed by atoms with Crippen molar-refractivity contribution >= 4 is 15.9 Å². The van der Waals surface area contributed by atoms with Crippen LogP contribution in [0.4, 0.5) is 0 Å². The molecule has 0 aromatic carbocycles. The van der Waals surface area contributed by atoms with Crippen molar-refractivity contribution in [3.63, 3.8) is 0 Å². The number of aromatic nitrogens is 1. The predicted molar refractivity (Wildman–Crippen MR) is 72.4 cm³/mol. The number of ether oxygens (including phenoxy) is 1. The summed E-state index contributed by atoms with van der Waals surface area (Å²) >= 11 is 3.51. The van der Waals surface area contributed by atoms with Crippen LogP contribution in [0.25, 0.3) is 0 Å². The van der Waals surface area contributed by atoms with E-state index in [-0.39, 0.29) is 6.10 Å². The molecular formula is C13H19BrN2O. The van der Waals surface area contributed by atoms with Gasteiger partial charge in [-0.15, -0.1) is 0 Å². The molecule has 1 fully saturated rings. The Morgan fingerprint density at radius 3 is 2.88 bits per heavy atom. The zero-order chi connectivity index (χ0) is 12.3. The van der Waals surface area contributed by atoms with Gasteiger partial charge >= 0.3 is 0 Å². The van der Waals surface area contributed by atoms with E-state index >= 15 is 0 Å². The molecule has 1 aromatic rings. The van der Waals surface area contributed by atoms with Gasteiger partial charge in [-0.25, -0.2) is 4.98 Å². The van der Waals surface area contributed by atoms with Gasteiger partial charge < -0.3 is 10.1 Å². The number of halogens is 1. The molecule has 2 atom stereocenters. The summed E-state index contributed by atoms with van der Waals surface area (Å²) in [5, 5.41) is 3.34. The predicted octanol–water partition coefficient (Wildman–Crippen LogP) is 3.06. The van der Waals surface area contributed by atoms with Crippen LogP contribution >= 0.6 is 15.9 Å². The second-order valence-electron chi connectivity index (χ2n) is 4.64. The molecule has 3 nitrogen and oxygen atoms in total. The van der Waals surface area contributed by atoms with Crippen LogP contribution in [0.1, 0.15) is 31.2 Å². The monoisotopic (exact) mass is 298 g/mol. The third-order valence-corrected chi connectivity index (χ3v) is 3.85. The smallest absolute Gasteiger partial charge is 0.228 e. The highest BCUT2D eigenvalue weighted by Gasteiger charge is 2.26. The number of rotatable bonds is 3. The van der Waals surface area contributed by atoms with Crippen LogP contribution in [-0.2, 0) is 0 Å². The maximum Gasteiger partial charge on any atom is 0.228 e. The summed E-state index contributed by atoms with van der Waals surface area (Å²) < 4.78 is 6.97. The molecule has 0 spiro atoms. The van der Waals surface area contributed by atoms with E-state index in [1.165, 1.54) is 19.3 Å². The molecule has 4 heteroatoms. The number of aryl methyl sites for hydroxylation is 1. The average molecular weight is 299 g/mol. The first kappa shape index (κ1) is 12.8. The Balaban J connectivity index is 2.08. The van der Waals surface area contributed by atoms with E-state index in [1.54, 1.807) is 0 Å². The van der Waals surface area contributed by atoms with Gasteiger partial charge in [-0.3, -0.25) is 0 Å². The van der Waals surface area contributed by atoms with Crippen molar-refractivity contribution in [2.75, 3.05) is 7.05 Å². The molecule has 1 heterocycles. The Morgan fingerprint density at radius 1 is 1.41 bits per heavy atom. The Labute approximate surface area is 111 Å². The summed E-state index contributed by atoms with van der Waals surface area (Å²) in [7, 11) is 2.00. The average Bonchev–Trinajstić information content (AvgIpc) is 2.33. The number of pyridine rings is 1. The van der Waals surface area contributed by atoms with Gasteiger partial charge in [-0.05, 0) is 60.8 Å². The first-order valence-electron chi connectivity index (χ1n) is 6.17. The minimum atomic E-state index is 0.236. The van der Waals surface area contributed by atoms with Crippen molar-refractivity contribution in [1.29, 1.82) is 0 Å². The lowest BCUT2D eigenvalue weighted by atomic mass is 9.92. The number of nitrogens with zero attached hydrogens (tertiary/aromatic N) is 1. The molecule has 1 saturated carbocycles. The van der Waals surface area contributed by atoms with E-state index in [1.807, 2.05) is 26.2 Å². The fourth-order valence-electron chi connectivity index (χ4n) is 2.32. The topological polar surface area (TPSA) is 34.1 Å². The minimum absolute atomic E-state index is 0.236. The second-order valence-corrected chi connectivity index (χ2v) is 5.49. The molecule has 1 N–H and O–H groups in total. The van der Waals surface area contributed by atoms with E-state index in [4.69, 9.17) is 4.74 Å². The van der Waals surface area contributed by atoms with E-state index in [2.05, 4.69) is 26.2 Å². The molecule has 0 aliphatic heterocycles. The third kappa shape index (κ3) is 3.19. The van der Waals surface area contributed by atoms with Crippen molar-refractivity contribution in [2.45, 2.75) is 44.8 Å². The van der Waals surface area contributed by atoms with E-state index in [9.17, 15) is 0 Å². The lowest BCUT2D eigenvalue weighted by molar-refractivity contribution is 0.112. The Bertz CT molecular complexity index is 384. The van der Waals surface area contributed by atoms with E-state index < -0.39 is 0 Å². The molecular weight excluding hydrogens is 280 g/mol. The largest absolute Gasteiger partial charge is 0.472 e. The summed E-state index contributed by atoms with van der Waals surface area (Å²) in [6, 6.07) is 2.48. The van der Waals surface area contributed by atoms with E-state index in [0.717, 1.165) is 16.5 Å². The summed E-state index contributed by atoms with van der Waals surface area (Å²) in [5.74, 6) is 0.711. The molecule has 17 heavy (non-hydrogen) atoms. The highest BCUT2D eigenvalue weighted by Crippen LogP contribution is 2.28. The lowest BCUT2D eigenvalue weighted by Gasteiger charge is -2.31. The molecule has 1 aliphatic rings. The summed E-state index contributed by atoms with van der Waals surface area (Å²) in [5.41, 5.74) is 1.14. The highest BCUT2D eigenvalue weighted by molar-refractivity contribution is 9.10. The van der Waals surface area contributed by atoms with Crippen LogP contribution in [0.15, 0.2) is 16.7 Å².